The number of imidazole rings is 1. The van der Waals surface area contributed by atoms with Gasteiger partial charge in [-0.15, -0.1) is 5.10 Å². The molecule has 2 aromatic heterocycles. The molecule has 0 spiro atoms. The van der Waals surface area contributed by atoms with E-state index >= 15 is 0 Å². The lowest BCUT2D eigenvalue weighted by atomic mass is 10.1. The van der Waals surface area contributed by atoms with Crippen LogP contribution in [0.4, 0.5) is 5.95 Å². The number of anilines is 1. The summed E-state index contributed by atoms with van der Waals surface area (Å²) in [5.41, 5.74) is 6.89. The minimum Gasteiger partial charge on any atom is -0.338 e. The first-order chi connectivity index (χ1) is 8.74. The van der Waals surface area contributed by atoms with Crippen LogP contribution in [0.2, 0.25) is 0 Å². The quantitative estimate of drug-likeness (QED) is 0.787. The highest BCUT2D eigenvalue weighted by molar-refractivity contribution is 5.50. The highest BCUT2D eigenvalue weighted by Gasteiger charge is 2.20. The van der Waals surface area contributed by atoms with E-state index in [4.69, 9.17) is 5.73 Å². The Bertz CT molecular complexity index is 529. The molecule has 0 bridgehead atoms. The number of nitrogens with zero attached hydrogens (tertiary/aromatic N) is 5. The molecule has 1 fully saturated rings. The fourth-order valence-electron chi connectivity index (χ4n) is 2.29. The molecule has 1 aliphatic heterocycles. The number of aromatic nitrogens is 5. The third-order valence-corrected chi connectivity index (χ3v) is 3.27. The van der Waals surface area contributed by atoms with Crippen LogP contribution >= 0.6 is 0 Å². The fraction of sp³-hybridized carbons (Fsp3) is 0.545. The van der Waals surface area contributed by atoms with Gasteiger partial charge in [-0.2, -0.15) is 4.98 Å². The second kappa shape index (κ2) is 4.41. The number of aromatic amines is 1. The Balaban J connectivity index is 1.83. The van der Waals surface area contributed by atoms with E-state index in [9.17, 15) is 0 Å². The van der Waals surface area contributed by atoms with Crippen LogP contribution in [-0.4, -0.2) is 43.9 Å². The summed E-state index contributed by atoms with van der Waals surface area (Å²) < 4.78 is 1.91. The van der Waals surface area contributed by atoms with Gasteiger partial charge < -0.3 is 15.2 Å². The summed E-state index contributed by atoms with van der Waals surface area (Å²) >= 11 is 0. The molecule has 3 N–H and O–H groups in total. The Kier molecular flexibility index (Phi) is 2.75. The van der Waals surface area contributed by atoms with Gasteiger partial charge in [0.2, 0.25) is 5.95 Å². The minimum absolute atomic E-state index is 0.220. The molecule has 0 amide bonds. The van der Waals surface area contributed by atoms with Crippen LogP contribution in [0.1, 0.15) is 12.8 Å². The number of piperidine rings is 1. The van der Waals surface area contributed by atoms with Gasteiger partial charge in [-0.3, -0.25) is 5.10 Å². The van der Waals surface area contributed by atoms with Gasteiger partial charge in [0.25, 0.3) is 0 Å². The lowest BCUT2D eigenvalue weighted by Crippen LogP contribution is -2.43. The summed E-state index contributed by atoms with van der Waals surface area (Å²) in [5.74, 6) is 1.46. The van der Waals surface area contributed by atoms with E-state index in [2.05, 4.69) is 25.1 Å². The van der Waals surface area contributed by atoms with Gasteiger partial charge in [0, 0.05) is 26.2 Å². The number of aryl methyl sites for hydroxylation is 1. The first kappa shape index (κ1) is 11.2. The van der Waals surface area contributed by atoms with Crippen LogP contribution in [0, 0.1) is 0 Å². The van der Waals surface area contributed by atoms with E-state index in [0.29, 0.717) is 0 Å². The normalized spacial score (nSPS) is 20.3. The van der Waals surface area contributed by atoms with Crippen LogP contribution < -0.4 is 10.6 Å². The molecule has 7 heteroatoms. The molecule has 1 unspecified atom stereocenters. The molecular formula is C11H17N7. The smallest absolute Gasteiger partial charge is 0.245 e. The van der Waals surface area contributed by atoms with Crippen LogP contribution in [0.15, 0.2) is 12.5 Å². The molecule has 3 rings (SSSR count). The van der Waals surface area contributed by atoms with Crippen molar-refractivity contribution in [1.82, 2.24) is 24.7 Å². The Labute approximate surface area is 105 Å². The van der Waals surface area contributed by atoms with Crippen LogP contribution in [0.3, 0.4) is 0 Å². The van der Waals surface area contributed by atoms with E-state index in [1.165, 1.54) is 0 Å². The second-order valence-corrected chi connectivity index (χ2v) is 4.72. The summed E-state index contributed by atoms with van der Waals surface area (Å²) in [7, 11) is 1.93. The van der Waals surface area contributed by atoms with E-state index in [-0.39, 0.29) is 6.04 Å². The summed E-state index contributed by atoms with van der Waals surface area (Å²) in [5, 5.41) is 7.22. The molecule has 7 nitrogen and oxygen atoms in total. The molecule has 0 aromatic carbocycles. The highest BCUT2D eigenvalue weighted by atomic mass is 15.4. The van der Waals surface area contributed by atoms with Crippen molar-refractivity contribution in [2.45, 2.75) is 18.9 Å². The maximum atomic E-state index is 5.97. The first-order valence-electron chi connectivity index (χ1n) is 6.13. The van der Waals surface area contributed by atoms with Crippen molar-refractivity contribution in [3.8, 4) is 11.5 Å². The Hall–Kier alpha value is -1.89. The predicted octanol–water partition coefficient (Wildman–Crippen LogP) is 0.133. The van der Waals surface area contributed by atoms with Gasteiger partial charge >= 0.3 is 0 Å². The van der Waals surface area contributed by atoms with E-state index in [0.717, 1.165) is 43.4 Å². The average molecular weight is 247 g/mol. The molecule has 0 radical (unpaired) electrons. The third-order valence-electron chi connectivity index (χ3n) is 3.27. The molecule has 1 atom stereocenters. The van der Waals surface area contributed by atoms with Crippen LogP contribution in [0.25, 0.3) is 11.5 Å². The molecule has 0 saturated carbocycles. The molecule has 1 aliphatic rings. The van der Waals surface area contributed by atoms with Crippen molar-refractivity contribution in [2.24, 2.45) is 12.8 Å². The molecular weight excluding hydrogens is 230 g/mol. The maximum absolute atomic E-state index is 5.97. The predicted molar refractivity (Wildman–Crippen MR) is 68.0 cm³/mol. The lowest BCUT2D eigenvalue weighted by Gasteiger charge is -2.29. The van der Waals surface area contributed by atoms with E-state index in [1.807, 2.05) is 11.6 Å². The molecule has 96 valence electrons. The number of rotatable bonds is 2. The first-order valence-corrected chi connectivity index (χ1v) is 6.13. The summed E-state index contributed by atoms with van der Waals surface area (Å²) in [6, 6.07) is 0.220. The van der Waals surface area contributed by atoms with Crippen LogP contribution in [-0.2, 0) is 7.05 Å². The molecule has 18 heavy (non-hydrogen) atoms. The number of hydrogen-bond acceptors (Lipinski definition) is 5. The number of H-pyrrole nitrogens is 1. The Morgan fingerprint density at radius 2 is 2.39 bits per heavy atom. The summed E-state index contributed by atoms with van der Waals surface area (Å²) in [6.45, 7) is 1.79. The highest BCUT2D eigenvalue weighted by Crippen LogP contribution is 2.19. The summed E-state index contributed by atoms with van der Waals surface area (Å²) in [6.07, 6.45) is 5.69. The average Bonchev–Trinajstić information content (AvgIpc) is 2.97. The van der Waals surface area contributed by atoms with Crippen LogP contribution in [0.5, 0.6) is 0 Å². The minimum atomic E-state index is 0.220. The molecule has 3 heterocycles. The Morgan fingerprint density at radius 1 is 1.50 bits per heavy atom. The number of hydrogen-bond donors (Lipinski definition) is 2. The maximum Gasteiger partial charge on any atom is 0.245 e. The number of nitrogens with one attached hydrogen (secondary N) is 1. The number of nitrogens with two attached hydrogens (primary N) is 1. The molecule has 2 aromatic rings. The SMILES string of the molecule is Cn1cncc1-c1nc(N2CCCC(N)C2)n[nH]1. The molecule has 0 aliphatic carbocycles. The zero-order chi connectivity index (χ0) is 12.5. The van der Waals surface area contributed by atoms with E-state index in [1.54, 1.807) is 12.5 Å². The fourth-order valence-corrected chi connectivity index (χ4v) is 2.29. The largest absolute Gasteiger partial charge is 0.338 e. The van der Waals surface area contributed by atoms with Crippen molar-refractivity contribution in [2.75, 3.05) is 18.0 Å². The van der Waals surface area contributed by atoms with Gasteiger partial charge in [0.15, 0.2) is 5.82 Å². The monoisotopic (exact) mass is 247 g/mol. The van der Waals surface area contributed by atoms with Gasteiger partial charge in [-0.05, 0) is 12.8 Å². The van der Waals surface area contributed by atoms with Gasteiger partial charge in [0.05, 0.1) is 12.5 Å². The second-order valence-electron chi connectivity index (χ2n) is 4.72. The summed E-state index contributed by atoms with van der Waals surface area (Å²) in [4.78, 5) is 10.7. The van der Waals surface area contributed by atoms with E-state index < -0.39 is 0 Å². The third kappa shape index (κ3) is 1.97. The van der Waals surface area contributed by atoms with Crippen molar-refractivity contribution in [3.63, 3.8) is 0 Å². The van der Waals surface area contributed by atoms with Crippen molar-refractivity contribution in [1.29, 1.82) is 0 Å². The molecule has 1 saturated heterocycles. The standard InChI is InChI=1S/C11H17N7/c1-17-7-13-5-9(17)10-14-11(16-15-10)18-4-2-3-8(12)6-18/h5,7-8H,2-4,6,12H2,1H3,(H,14,15,16). The zero-order valence-corrected chi connectivity index (χ0v) is 10.4. The van der Waals surface area contributed by atoms with Crippen molar-refractivity contribution < 1.29 is 0 Å². The lowest BCUT2D eigenvalue weighted by molar-refractivity contribution is 0.500. The van der Waals surface area contributed by atoms with Crippen molar-refractivity contribution >= 4 is 5.95 Å². The van der Waals surface area contributed by atoms with Crippen molar-refractivity contribution in [3.05, 3.63) is 12.5 Å². The Morgan fingerprint density at radius 3 is 3.11 bits per heavy atom. The van der Waals surface area contributed by atoms with Gasteiger partial charge in [-0.25, -0.2) is 4.98 Å². The van der Waals surface area contributed by atoms with Gasteiger partial charge in [-0.1, -0.05) is 0 Å². The topological polar surface area (TPSA) is 88.7 Å². The van der Waals surface area contributed by atoms with Gasteiger partial charge in [0.1, 0.15) is 5.69 Å². The zero-order valence-electron chi connectivity index (χ0n) is 10.4.